The summed E-state index contributed by atoms with van der Waals surface area (Å²) in [5.41, 5.74) is 6.04. The molecule has 0 saturated carbocycles. The number of halogens is 1. The normalized spacial score (nSPS) is 23.8. The van der Waals surface area contributed by atoms with Crippen LogP contribution in [-0.4, -0.2) is 29.3 Å². The van der Waals surface area contributed by atoms with Crippen LogP contribution in [0.5, 0.6) is 0 Å². The number of rotatable bonds is 1. The van der Waals surface area contributed by atoms with Crippen molar-refractivity contribution in [1.82, 2.24) is 4.98 Å². The van der Waals surface area contributed by atoms with Gasteiger partial charge in [-0.3, -0.25) is 0 Å². The van der Waals surface area contributed by atoms with Crippen LogP contribution in [0.1, 0.15) is 20.3 Å². The highest BCUT2D eigenvalue weighted by atomic mass is 35.5. The zero-order valence-electron chi connectivity index (χ0n) is 10.2. The molecule has 2 rings (SSSR count). The van der Waals surface area contributed by atoms with Gasteiger partial charge in [-0.2, -0.15) is 0 Å². The summed E-state index contributed by atoms with van der Waals surface area (Å²) in [5, 5.41) is 10.5. The van der Waals surface area contributed by atoms with Crippen LogP contribution >= 0.6 is 11.6 Å². The number of nitrogens with zero attached hydrogens (tertiary/aromatic N) is 2. The van der Waals surface area contributed by atoms with Gasteiger partial charge in [-0.15, -0.1) is 0 Å². The smallest absolute Gasteiger partial charge is 0.147 e. The van der Waals surface area contributed by atoms with Crippen molar-refractivity contribution in [1.29, 1.82) is 0 Å². The summed E-state index contributed by atoms with van der Waals surface area (Å²) in [7, 11) is 0. The lowest BCUT2D eigenvalue weighted by molar-refractivity contribution is 0.0334. The molecule has 1 aromatic heterocycles. The van der Waals surface area contributed by atoms with E-state index in [1.165, 1.54) is 0 Å². The molecule has 2 heterocycles. The van der Waals surface area contributed by atoms with Gasteiger partial charge in [0.05, 0.1) is 23.0 Å². The van der Waals surface area contributed by atoms with E-state index in [4.69, 9.17) is 17.3 Å². The second-order valence-corrected chi connectivity index (χ2v) is 5.70. The number of nitrogen functional groups attached to an aromatic ring is 1. The molecule has 4 nitrogen and oxygen atoms in total. The highest BCUT2D eigenvalue weighted by Crippen LogP contribution is 2.34. The number of aliphatic hydroxyl groups is 1. The minimum absolute atomic E-state index is 0.148. The Morgan fingerprint density at radius 2 is 2.29 bits per heavy atom. The lowest BCUT2D eigenvalue weighted by atomic mass is 9.81. The van der Waals surface area contributed by atoms with Crippen molar-refractivity contribution < 1.29 is 5.11 Å². The molecule has 1 fully saturated rings. The number of aliphatic hydroxyl groups excluding tert-OH is 1. The van der Waals surface area contributed by atoms with E-state index in [-0.39, 0.29) is 11.5 Å². The van der Waals surface area contributed by atoms with Gasteiger partial charge in [0.1, 0.15) is 5.82 Å². The van der Waals surface area contributed by atoms with Gasteiger partial charge in [-0.1, -0.05) is 25.4 Å². The Morgan fingerprint density at radius 1 is 1.59 bits per heavy atom. The van der Waals surface area contributed by atoms with Gasteiger partial charge in [0, 0.05) is 18.5 Å². The van der Waals surface area contributed by atoms with Crippen LogP contribution in [0.25, 0.3) is 0 Å². The lowest BCUT2D eigenvalue weighted by Crippen LogP contribution is -2.49. The van der Waals surface area contributed by atoms with E-state index in [0.29, 0.717) is 10.7 Å². The first-order valence-corrected chi connectivity index (χ1v) is 6.12. The third-order valence-electron chi connectivity index (χ3n) is 3.32. The van der Waals surface area contributed by atoms with Crippen LogP contribution in [0, 0.1) is 5.41 Å². The maximum atomic E-state index is 9.91. The molecule has 1 saturated heterocycles. The zero-order valence-corrected chi connectivity index (χ0v) is 10.9. The minimum atomic E-state index is -0.272. The van der Waals surface area contributed by atoms with Crippen molar-refractivity contribution >= 4 is 23.1 Å². The van der Waals surface area contributed by atoms with E-state index in [1.807, 2.05) is 0 Å². The molecular formula is C12H18ClN3O. The van der Waals surface area contributed by atoms with E-state index in [0.717, 1.165) is 25.3 Å². The predicted molar refractivity (Wildman–Crippen MR) is 70.3 cm³/mol. The van der Waals surface area contributed by atoms with Crippen molar-refractivity contribution in [3.63, 3.8) is 0 Å². The molecule has 1 unspecified atom stereocenters. The first-order chi connectivity index (χ1) is 7.90. The van der Waals surface area contributed by atoms with Gasteiger partial charge < -0.3 is 15.7 Å². The molecule has 1 aliphatic rings. The highest BCUT2D eigenvalue weighted by molar-refractivity contribution is 6.33. The number of hydrogen-bond acceptors (Lipinski definition) is 4. The first-order valence-electron chi connectivity index (χ1n) is 5.74. The van der Waals surface area contributed by atoms with Gasteiger partial charge in [-0.25, -0.2) is 4.98 Å². The van der Waals surface area contributed by atoms with E-state index in [1.54, 1.807) is 12.3 Å². The van der Waals surface area contributed by atoms with E-state index in [2.05, 4.69) is 23.7 Å². The molecule has 0 radical (unpaired) electrons. The summed E-state index contributed by atoms with van der Waals surface area (Å²) in [6, 6.07) is 1.71. The number of piperidine rings is 1. The maximum Gasteiger partial charge on any atom is 0.147 e. The Labute approximate surface area is 106 Å². The Hall–Kier alpha value is -1.00. The Morgan fingerprint density at radius 3 is 2.88 bits per heavy atom. The van der Waals surface area contributed by atoms with Crippen molar-refractivity contribution in [3.8, 4) is 0 Å². The molecular weight excluding hydrogens is 238 g/mol. The summed E-state index contributed by atoms with van der Waals surface area (Å²) < 4.78 is 0. The van der Waals surface area contributed by atoms with Crippen LogP contribution in [0.3, 0.4) is 0 Å². The van der Waals surface area contributed by atoms with E-state index < -0.39 is 0 Å². The summed E-state index contributed by atoms with van der Waals surface area (Å²) in [6.07, 6.45) is 2.07. The van der Waals surface area contributed by atoms with Crippen molar-refractivity contribution in [2.75, 3.05) is 23.7 Å². The topological polar surface area (TPSA) is 62.4 Å². The average Bonchev–Trinajstić information content (AvgIpc) is 2.22. The monoisotopic (exact) mass is 255 g/mol. The Balaban J connectivity index is 2.24. The molecule has 1 aromatic rings. The fourth-order valence-electron chi connectivity index (χ4n) is 2.20. The third kappa shape index (κ3) is 2.48. The second-order valence-electron chi connectivity index (χ2n) is 5.29. The van der Waals surface area contributed by atoms with Crippen LogP contribution in [0.4, 0.5) is 11.5 Å². The molecule has 0 bridgehead atoms. The van der Waals surface area contributed by atoms with Crippen LogP contribution in [0.15, 0.2) is 12.3 Å². The number of hydrogen-bond donors (Lipinski definition) is 2. The quantitative estimate of drug-likeness (QED) is 0.805. The maximum absolute atomic E-state index is 9.91. The van der Waals surface area contributed by atoms with Gasteiger partial charge in [0.15, 0.2) is 0 Å². The SMILES string of the molecule is CC1(C)CN(c2ncc(N)cc2Cl)CCC1O. The molecule has 0 spiro atoms. The molecule has 17 heavy (non-hydrogen) atoms. The largest absolute Gasteiger partial charge is 0.397 e. The Kier molecular flexibility index (Phi) is 3.19. The molecule has 0 aliphatic carbocycles. The fourth-order valence-corrected chi connectivity index (χ4v) is 2.50. The van der Waals surface area contributed by atoms with Gasteiger partial charge >= 0.3 is 0 Å². The molecule has 1 atom stereocenters. The number of aromatic nitrogens is 1. The van der Waals surface area contributed by atoms with Crippen LogP contribution in [-0.2, 0) is 0 Å². The number of pyridine rings is 1. The zero-order chi connectivity index (χ0) is 12.6. The summed E-state index contributed by atoms with van der Waals surface area (Å²) in [5.74, 6) is 0.751. The van der Waals surface area contributed by atoms with E-state index in [9.17, 15) is 5.11 Å². The van der Waals surface area contributed by atoms with Crippen molar-refractivity contribution in [2.24, 2.45) is 5.41 Å². The van der Waals surface area contributed by atoms with Crippen molar-refractivity contribution in [2.45, 2.75) is 26.4 Å². The molecule has 3 N–H and O–H groups in total. The van der Waals surface area contributed by atoms with Crippen LogP contribution < -0.4 is 10.6 Å². The number of anilines is 2. The number of nitrogens with two attached hydrogens (primary N) is 1. The fraction of sp³-hybridized carbons (Fsp3) is 0.583. The minimum Gasteiger partial charge on any atom is -0.397 e. The molecule has 94 valence electrons. The summed E-state index contributed by atoms with van der Waals surface area (Å²) in [4.78, 5) is 6.39. The van der Waals surface area contributed by atoms with Crippen LogP contribution in [0.2, 0.25) is 5.02 Å². The highest BCUT2D eigenvalue weighted by Gasteiger charge is 2.35. The van der Waals surface area contributed by atoms with Gasteiger partial charge in [0.2, 0.25) is 0 Å². The third-order valence-corrected chi connectivity index (χ3v) is 3.59. The first kappa shape index (κ1) is 12.5. The second kappa shape index (κ2) is 4.35. The summed E-state index contributed by atoms with van der Waals surface area (Å²) >= 11 is 6.15. The molecule has 5 heteroatoms. The molecule has 1 aliphatic heterocycles. The van der Waals surface area contributed by atoms with E-state index >= 15 is 0 Å². The van der Waals surface area contributed by atoms with Gasteiger partial charge in [0.25, 0.3) is 0 Å². The predicted octanol–water partition coefficient (Wildman–Crippen LogP) is 1.91. The van der Waals surface area contributed by atoms with Gasteiger partial charge in [-0.05, 0) is 12.5 Å². The Bertz CT molecular complexity index is 422. The van der Waals surface area contributed by atoms with Crippen molar-refractivity contribution in [3.05, 3.63) is 17.3 Å². The summed E-state index contributed by atoms with van der Waals surface area (Å²) in [6.45, 7) is 5.61. The average molecular weight is 256 g/mol. The molecule has 0 amide bonds. The molecule has 0 aromatic carbocycles. The lowest BCUT2D eigenvalue weighted by Gasteiger charge is -2.42. The standard InChI is InChI=1S/C12H18ClN3O/c1-12(2)7-16(4-3-10(12)17)11-9(13)5-8(14)6-15-11/h5-6,10,17H,3-4,7,14H2,1-2H3.